The average molecular weight is 288 g/mol. The summed E-state index contributed by atoms with van der Waals surface area (Å²) in [6.07, 6.45) is 3.32. The van der Waals surface area contributed by atoms with Crippen molar-refractivity contribution < 1.29 is 14.3 Å². The van der Waals surface area contributed by atoms with Crippen LogP contribution in [0.1, 0.15) is 25.3 Å². The summed E-state index contributed by atoms with van der Waals surface area (Å²) in [5.41, 5.74) is 6.91. The standard InChI is InChI=1S/C14H16N4O3/c1-4-20-14(19)11-8(2)21-13(16)10(5-15)12(11)9-6-17-18(3)7-9/h6-7,12H,4,16H2,1-3H3/t12-/m1/s1. The molecule has 0 aromatic carbocycles. The molecule has 2 N–H and O–H groups in total. The van der Waals surface area contributed by atoms with Gasteiger partial charge >= 0.3 is 5.97 Å². The number of carbonyl (C=O) groups excluding carboxylic acids is 1. The number of nitriles is 1. The normalized spacial score (nSPS) is 18.3. The molecule has 110 valence electrons. The smallest absolute Gasteiger partial charge is 0.338 e. The van der Waals surface area contributed by atoms with Crippen LogP contribution in [0.25, 0.3) is 0 Å². The number of allylic oxidation sites excluding steroid dienone is 2. The van der Waals surface area contributed by atoms with E-state index in [1.54, 1.807) is 38.0 Å². The summed E-state index contributed by atoms with van der Waals surface area (Å²) < 4.78 is 12.0. The van der Waals surface area contributed by atoms with Crippen LogP contribution in [-0.2, 0) is 21.3 Å². The van der Waals surface area contributed by atoms with Gasteiger partial charge in [-0.25, -0.2) is 4.79 Å². The molecule has 0 amide bonds. The third-order valence-corrected chi connectivity index (χ3v) is 3.16. The Kier molecular flexibility index (Phi) is 3.98. The molecule has 0 radical (unpaired) electrons. The number of carbonyl (C=O) groups is 1. The van der Waals surface area contributed by atoms with Crippen molar-refractivity contribution in [2.24, 2.45) is 12.8 Å². The van der Waals surface area contributed by atoms with Crippen molar-refractivity contribution in [2.75, 3.05) is 6.61 Å². The van der Waals surface area contributed by atoms with E-state index in [4.69, 9.17) is 15.2 Å². The monoisotopic (exact) mass is 288 g/mol. The Hall–Kier alpha value is -2.75. The van der Waals surface area contributed by atoms with E-state index in [1.165, 1.54) is 0 Å². The van der Waals surface area contributed by atoms with Crippen molar-refractivity contribution in [3.05, 3.63) is 40.7 Å². The molecule has 1 aromatic heterocycles. The van der Waals surface area contributed by atoms with Gasteiger partial charge in [0.05, 0.1) is 24.3 Å². The molecule has 1 aliphatic rings. The number of nitrogens with two attached hydrogens (primary N) is 1. The highest BCUT2D eigenvalue weighted by molar-refractivity contribution is 5.92. The summed E-state index contributed by atoms with van der Waals surface area (Å²) >= 11 is 0. The van der Waals surface area contributed by atoms with Gasteiger partial charge in [0.15, 0.2) is 0 Å². The number of hydrogen-bond donors (Lipinski definition) is 1. The van der Waals surface area contributed by atoms with Crippen LogP contribution in [0.4, 0.5) is 0 Å². The number of aromatic nitrogens is 2. The highest BCUT2D eigenvalue weighted by Crippen LogP contribution is 2.39. The van der Waals surface area contributed by atoms with Crippen molar-refractivity contribution in [2.45, 2.75) is 19.8 Å². The zero-order valence-corrected chi connectivity index (χ0v) is 12.1. The number of hydrogen-bond acceptors (Lipinski definition) is 6. The zero-order valence-electron chi connectivity index (χ0n) is 12.1. The maximum absolute atomic E-state index is 12.2. The lowest BCUT2D eigenvalue weighted by Crippen LogP contribution is -2.25. The molecule has 0 spiro atoms. The van der Waals surface area contributed by atoms with E-state index in [0.717, 1.165) is 0 Å². The average Bonchev–Trinajstić information content (AvgIpc) is 2.84. The van der Waals surface area contributed by atoms with Gasteiger partial charge in [-0.15, -0.1) is 0 Å². The molecule has 0 unspecified atom stereocenters. The van der Waals surface area contributed by atoms with Crippen LogP contribution < -0.4 is 5.73 Å². The van der Waals surface area contributed by atoms with Crippen LogP contribution in [0.15, 0.2) is 35.2 Å². The molecule has 7 heteroatoms. The zero-order chi connectivity index (χ0) is 15.6. The molecule has 0 aliphatic carbocycles. The van der Waals surface area contributed by atoms with Crippen LogP contribution in [-0.4, -0.2) is 22.4 Å². The summed E-state index contributed by atoms with van der Waals surface area (Å²) in [5.74, 6) is -0.823. The Bertz CT molecular complexity index is 679. The number of rotatable bonds is 3. The molecule has 1 aromatic rings. The molecule has 2 rings (SSSR count). The Labute approximate surface area is 122 Å². The quantitative estimate of drug-likeness (QED) is 0.834. The molecule has 0 bridgehead atoms. The van der Waals surface area contributed by atoms with E-state index >= 15 is 0 Å². The van der Waals surface area contributed by atoms with Crippen LogP contribution in [0.5, 0.6) is 0 Å². The van der Waals surface area contributed by atoms with Crippen LogP contribution in [0.3, 0.4) is 0 Å². The third-order valence-electron chi connectivity index (χ3n) is 3.16. The maximum atomic E-state index is 12.2. The van der Waals surface area contributed by atoms with Gasteiger partial charge in [-0.3, -0.25) is 4.68 Å². The summed E-state index contributed by atoms with van der Waals surface area (Å²) in [6.45, 7) is 3.57. The largest absolute Gasteiger partial charge is 0.463 e. The second kappa shape index (κ2) is 5.71. The van der Waals surface area contributed by atoms with E-state index in [-0.39, 0.29) is 23.6 Å². The second-order valence-electron chi connectivity index (χ2n) is 4.56. The lowest BCUT2D eigenvalue weighted by molar-refractivity contribution is -0.139. The summed E-state index contributed by atoms with van der Waals surface area (Å²) in [5, 5.41) is 13.4. The molecule has 1 aliphatic heterocycles. The Morgan fingerprint density at radius 3 is 2.90 bits per heavy atom. The van der Waals surface area contributed by atoms with Crippen molar-refractivity contribution in [1.82, 2.24) is 9.78 Å². The number of nitrogens with zero attached hydrogens (tertiary/aromatic N) is 3. The van der Waals surface area contributed by atoms with E-state index in [1.807, 2.05) is 6.07 Å². The number of esters is 1. The van der Waals surface area contributed by atoms with E-state index in [9.17, 15) is 10.1 Å². The first-order valence-corrected chi connectivity index (χ1v) is 6.43. The molecular weight excluding hydrogens is 272 g/mol. The van der Waals surface area contributed by atoms with E-state index in [0.29, 0.717) is 11.3 Å². The molecule has 0 fully saturated rings. The van der Waals surface area contributed by atoms with Crippen LogP contribution >= 0.6 is 0 Å². The Balaban J connectivity index is 2.57. The van der Waals surface area contributed by atoms with Crippen molar-refractivity contribution in [1.29, 1.82) is 5.26 Å². The Morgan fingerprint density at radius 2 is 2.38 bits per heavy atom. The van der Waals surface area contributed by atoms with Crippen molar-refractivity contribution in [3.63, 3.8) is 0 Å². The minimum atomic E-state index is -0.628. The molecule has 0 saturated carbocycles. The first-order chi connectivity index (χ1) is 9.99. The first kappa shape index (κ1) is 14.7. The first-order valence-electron chi connectivity index (χ1n) is 6.43. The summed E-state index contributed by atoms with van der Waals surface area (Å²) in [6, 6.07) is 2.01. The molecule has 0 saturated heterocycles. The topological polar surface area (TPSA) is 103 Å². The van der Waals surface area contributed by atoms with Gasteiger partial charge < -0.3 is 15.2 Å². The van der Waals surface area contributed by atoms with E-state index in [2.05, 4.69) is 5.10 Å². The Morgan fingerprint density at radius 1 is 1.67 bits per heavy atom. The fourth-order valence-corrected chi connectivity index (χ4v) is 2.28. The SMILES string of the molecule is CCOC(=O)C1=C(C)OC(N)=C(C#N)[C@H]1c1cnn(C)c1. The second-order valence-corrected chi connectivity index (χ2v) is 4.56. The van der Waals surface area contributed by atoms with Crippen LogP contribution in [0.2, 0.25) is 0 Å². The van der Waals surface area contributed by atoms with E-state index < -0.39 is 11.9 Å². The number of ether oxygens (including phenoxy) is 2. The van der Waals surface area contributed by atoms with Gasteiger partial charge in [0.2, 0.25) is 5.88 Å². The lowest BCUT2D eigenvalue weighted by atomic mass is 9.84. The predicted molar refractivity (Wildman–Crippen MR) is 73.2 cm³/mol. The van der Waals surface area contributed by atoms with Crippen molar-refractivity contribution >= 4 is 5.97 Å². The minimum Gasteiger partial charge on any atom is -0.463 e. The molecule has 7 nitrogen and oxygen atoms in total. The maximum Gasteiger partial charge on any atom is 0.338 e. The van der Waals surface area contributed by atoms with Crippen molar-refractivity contribution in [3.8, 4) is 6.07 Å². The molecule has 21 heavy (non-hydrogen) atoms. The summed E-state index contributed by atoms with van der Waals surface area (Å²) in [7, 11) is 1.75. The lowest BCUT2D eigenvalue weighted by Gasteiger charge is -2.25. The van der Waals surface area contributed by atoms with Gasteiger partial charge in [0.1, 0.15) is 17.4 Å². The van der Waals surface area contributed by atoms with Gasteiger partial charge in [0.25, 0.3) is 0 Å². The fraction of sp³-hybridized carbons (Fsp3) is 0.357. The minimum absolute atomic E-state index is 0.00287. The van der Waals surface area contributed by atoms with Gasteiger partial charge in [-0.05, 0) is 13.8 Å². The molecule has 1 atom stereocenters. The van der Waals surface area contributed by atoms with Gasteiger partial charge in [-0.1, -0.05) is 0 Å². The number of aryl methyl sites for hydroxylation is 1. The predicted octanol–water partition coefficient (Wildman–Crippen LogP) is 1.06. The van der Waals surface area contributed by atoms with Crippen LogP contribution in [0, 0.1) is 11.3 Å². The fourth-order valence-electron chi connectivity index (χ4n) is 2.28. The third kappa shape index (κ3) is 2.60. The molecule has 2 heterocycles. The summed E-state index contributed by atoms with van der Waals surface area (Å²) in [4.78, 5) is 12.2. The molecular formula is C14H16N4O3. The van der Waals surface area contributed by atoms with Gasteiger partial charge in [0, 0.05) is 18.8 Å². The highest BCUT2D eigenvalue weighted by atomic mass is 16.5. The highest BCUT2D eigenvalue weighted by Gasteiger charge is 2.36. The van der Waals surface area contributed by atoms with Gasteiger partial charge in [-0.2, -0.15) is 10.4 Å².